The van der Waals surface area contributed by atoms with Crippen molar-refractivity contribution in [2.45, 2.75) is 33.3 Å². The Labute approximate surface area is 101 Å². The molecular formula is C13H19NO2. The standard InChI is InChI=1S/C13H19NO2/c1-10-6-8-11(9-7-10)14(5)12(15)16-13(2,3)4/h6-9H,1-5H3/i5D3. The fourth-order valence-electron chi connectivity index (χ4n) is 1.11. The second-order valence-corrected chi connectivity index (χ2v) is 4.65. The molecular weight excluding hydrogens is 202 g/mol. The van der Waals surface area contributed by atoms with E-state index in [4.69, 9.17) is 8.85 Å². The van der Waals surface area contributed by atoms with Crippen LogP contribution >= 0.6 is 0 Å². The second-order valence-electron chi connectivity index (χ2n) is 4.65. The summed E-state index contributed by atoms with van der Waals surface area (Å²) in [5, 5.41) is 0. The minimum absolute atomic E-state index is 0.292. The number of benzene rings is 1. The van der Waals surface area contributed by atoms with E-state index in [1.54, 1.807) is 45.0 Å². The third-order valence-corrected chi connectivity index (χ3v) is 1.87. The van der Waals surface area contributed by atoms with Crippen LogP contribution in [-0.4, -0.2) is 18.7 Å². The Bertz CT molecular complexity index is 446. The Morgan fingerprint density at radius 1 is 1.31 bits per heavy atom. The first-order chi connectivity index (χ1) is 8.50. The van der Waals surface area contributed by atoms with E-state index in [2.05, 4.69) is 0 Å². The lowest BCUT2D eigenvalue weighted by Gasteiger charge is -2.24. The summed E-state index contributed by atoms with van der Waals surface area (Å²) in [4.78, 5) is 12.7. The van der Waals surface area contributed by atoms with Gasteiger partial charge in [0.25, 0.3) is 0 Å². The molecule has 0 radical (unpaired) electrons. The van der Waals surface area contributed by atoms with E-state index in [1.807, 2.05) is 6.92 Å². The molecule has 0 atom stereocenters. The Morgan fingerprint density at radius 3 is 2.31 bits per heavy atom. The quantitative estimate of drug-likeness (QED) is 0.732. The van der Waals surface area contributed by atoms with Gasteiger partial charge in [-0.3, -0.25) is 4.90 Å². The van der Waals surface area contributed by atoms with Crippen LogP contribution in [0, 0.1) is 6.92 Å². The van der Waals surface area contributed by atoms with E-state index in [0.29, 0.717) is 10.6 Å². The fraction of sp³-hybridized carbons (Fsp3) is 0.462. The van der Waals surface area contributed by atoms with Gasteiger partial charge >= 0.3 is 6.09 Å². The van der Waals surface area contributed by atoms with Crippen LogP contribution in [0.1, 0.15) is 30.4 Å². The average Bonchev–Trinajstić information content (AvgIpc) is 2.16. The predicted octanol–water partition coefficient (Wildman–Crippen LogP) is 3.37. The Hall–Kier alpha value is -1.51. The van der Waals surface area contributed by atoms with Crippen molar-refractivity contribution in [1.82, 2.24) is 0 Å². The Morgan fingerprint density at radius 2 is 1.88 bits per heavy atom. The molecule has 0 heterocycles. The average molecular weight is 224 g/mol. The van der Waals surface area contributed by atoms with Crippen molar-refractivity contribution in [3.05, 3.63) is 29.8 Å². The van der Waals surface area contributed by atoms with Crippen LogP contribution in [-0.2, 0) is 4.74 Å². The molecule has 0 aromatic heterocycles. The van der Waals surface area contributed by atoms with Gasteiger partial charge in [0.2, 0.25) is 0 Å². The molecule has 3 nitrogen and oxygen atoms in total. The van der Waals surface area contributed by atoms with Crippen molar-refractivity contribution in [2.75, 3.05) is 11.9 Å². The zero-order valence-corrected chi connectivity index (χ0v) is 10.1. The number of hydrogen-bond donors (Lipinski definition) is 0. The van der Waals surface area contributed by atoms with Gasteiger partial charge in [-0.2, -0.15) is 0 Å². The van der Waals surface area contributed by atoms with E-state index in [0.717, 1.165) is 5.56 Å². The molecule has 0 saturated heterocycles. The first-order valence-corrected chi connectivity index (χ1v) is 5.10. The van der Waals surface area contributed by atoms with Gasteiger partial charge in [0.15, 0.2) is 0 Å². The largest absolute Gasteiger partial charge is 0.443 e. The molecule has 1 amide bonds. The summed E-state index contributed by atoms with van der Waals surface area (Å²) in [6.07, 6.45) is -0.878. The number of ether oxygens (including phenoxy) is 1. The number of carbonyl (C=O) groups is 1. The van der Waals surface area contributed by atoms with E-state index < -0.39 is 18.7 Å². The molecule has 0 bridgehead atoms. The summed E-state index contributed by atoms with van der Waals surface area (Å²) in [7, 11) is 0. The van der Waals surface area contributed by atoms with Crippen LogP contribution in [0.3, 0.4) is 0 Å². The lowest BCUT2D eigenvalue weighted by molar-refractivity contribution is 0.0589. The van der Waals surface area contributed by atoms with Gasteiger partial charge in [0.05, 0.1) is 0 Å². The third kappa shape index (κ3) is 3.57. The number of hydrogen-bond acceptors (Lipinski definition) is 2. The van der Waals surface area contributed by atoms with Gasteiger partial charge in [-0.05, 0) is 39.8 Å². The lowest BCUT2D eigenvalue weighted by atomic mass is 10.2. The smallest absolute Gasteiger partial charge is 0.414 e. The number of carbonyl (C=O) groups excluding carboxylic acids is 1. The molecule has 1 aromatic rings. The molecule has 1 aromatic carbocycles. The summed E-state index contributed by atoms with van der Waals surface area (Å²) in [5.41, 5.74) is 0.531. The zero-order chi connectivity index (χ0) is 14.8. The molecule has 0 N–H and O–H groups in total. The first-order valence-electron chi connectivity index (χ1n) is 6.60. The highest BCUT2D eigenvalue weighted by Gasteiger charge is 2.20. The lowest BCUT2D eigenvalue weighted by Crippen LogP contribution is -2.34. The van der Waals surface area contributed by atoms with Crippen LogP contribution < -0.4 is 4.90 Å². The highest BCUT2D eigenvalue weighted by atomic mass is 16.6. The molecule has 16 heavy (non-hydrogen) atoms. The van der Waals surface area contributed by atoms with Gasteiger partial charge < -0.3 is 4.74 Å². The van der Waals surface area contributed by atoms with Gasteiger partial charge in [0, 0.05) is 16.8 Å². The maximum atomic E-state index is 12.0. The summed E-state index contributed by atoms with van der Waals surface area (Å²) < 4.78 is 27.6. The molecule has 3 heteroatoms. The summed E-state index contributed by atoms with van der Waals surface area (Å²) >= 11 is 0. The molecule has 88 valence electrons. The minimum Gasteiger partial charge on any atom is -0.443 e. The van der Waals surface area contributed by atoms with Gasteiger partial charge in [-0.1, -0.05) is 17.7 Å². The van der Waals surface area contributed by atoms with Crippen molar-refractivity contribution >= 4 is 11.8 Å². The van der Waals surface area contributed by atoms with E-state index in [-0.39, 0.29) is 0 Å². The van der Waals surface area contributed by atoms with Gasteiger partial charge in [-0.25, -0.2) is 4.79 Å². The number of amides is 1. The minimum atomic E-state index is -2.59. The van der Waals surface area contributed by atoms with Crippen molar-refractivity contribution in [1.29, 1.82) is 0 Å². The Kier molecular flexibility index (Phi) is 2.46. The monoisotopic (exact) mass is 224 g/mol. The molecule has 0 unspecified atom stereocenters. The number of rotatable bonds is 1. The van der Waals surface area contributed by atoms with Crippen LogP contribution in [0.2, 0.25) is 0 Å². The van der Waals surface area contributed by atoms with Crippen molar-refractivity contribution in [3.8, 4) is 0 Å². The van der Waals surface area contributed by atoms with E-state index >= 15 is 0 Å². The number of aryl methyl sites for hydroxylation is 1. The number of nitrogens with zero attached hydrogens (tertiary/aromatic N) is 1. The van der Waals surface area contributed by atoms with E-state index in [1.165, 1.54) is 0 Å². The van der Waals surface area contributed by atoms with Crippen LogP contribution in [0.25, 0.3) is 0 Å². The topological polar surface area (TPSA) is 29.5 Å². The molecule has 0 aliphatic heterocycles. The predicted molar refractivity (Wildman–Crippen MR) is 65.8 cm³/mol. The zero-order valence-electron chi connectivity index (χ0n) is 13.1. The molecule has 1 rings (SSSR count). The number of anilines is 1. The SMILES string of the molecule is [2H]C([2H])([2H])N(C(=O)OC(C)(C)C)c1ccc(C)cc1. The first kappa shape index (κ1) is 8.62. The molecule has 0 saturated carbocycles. The van der Waals surface area contributed by atoms with Crippen molar-refractivity contribution in [2.24, 2.45) is 0 Å². The van der Waals surface area contributed by atoms with Crippen LogP contribution in [0.4, 0.5) is 10.5 Å². The molecule has 0 fully saturated rings. The molecule has 0 aliphatic rings. The highest BCUT2D eigenvalue weighted by molar-refractivity contribution is 5.87. The van der Waals surface area contributed by atoms with Crippen molar-refractivity contribution in [3.63, 3.8) is 0 Å². The van der Waals surface area contributed by atoms with E-state index in [9.17, 15) is 4.79 Å². The normalized spacial score (nSPS) is 14.6. The summed E-state index contributed by atoms with van der Waals surface area (Å²) in [6.45, 7) is 4.38. The van der Waals surface area contributed by atoms with Gasteiger partial charge in [-0.15, -0.1) is 0 Å². The highest BCUT2D eigenvalue weighted by Crippen LogP contribution is 2.17. The Balaban J connectivity index is 3.09. The van der Waals surface area contributed by atoms with Crippen LogP contribution in [0.5, 0.6) is 0 Å². The molecule has 0 aliphatic carbocycles. The maximum Gasteiger partial charge on any atom is 0.414 e. The molecule has 0 spiro atoms. The van der Waals surface area contributed by atoms with Crippen molar-refractivity contribution < 1.29 is 13.6 Å². The summed E-state index contributed by atoms with van der Waals surface area (Å²) in [6, 6.07) is 6.67. The third-order valence-electron chi connectivity index (χ3n) is 1.87. The second kappa shape index (κ2) is 4.56. The summed E-state index contributed by atoms with van der Waals surface area (Å²) in [5.74, 6) is 0. The van der Waals surface area contributed by atoms with Crippen LogP contribution in [0.15, 0.2) is 24.3 Å². The fourth-order valence-corrected chi connectivity index (χ4v) is 1.11. The van der Waals surface area contributed by atoms with Gasteiger partial charge in [0.1, 0.15) is 5.60 Å². The maximum absolute atomic E-state index is 12.0.